The second-order valence-corrected chi connectivity index (χ2v) is 9.71. The number of aryl methyl sites for hydroxylation is 1. The van der Waals surface area contributed by atoms with Crippen LogP contribution in [0.15, 0.2) is 42.0 Å². The minimum absolute atomic E-state index is 0.162. The SMILES string of the molecule is CCN(CC)CCN1C(=O)C(=O)/C(=C(\O)c2ccc(OCC(C)C)c(C)c2)C1c1ccc(O)c([N+](=O)[O-])c1. The molecule has 10 nitrogen and oxygen atoms in total. The third kappa shape index (κ3) is 5.96. The minimum atomic E-state index is -1.07. The van der Waals surface area contributed by atoms with Crippen LogP contribution in [0.5, 0.6) is 11.5 Å². The molecule has 2 aromatic rings. The summed E-state index contributed by atoms with van der Waals surface area (Å²) in [5.74, 6) is -1.63. The number of likely N-dealkylation sites (tertiary alicyclic amines) is 1. The molecule has 0 aliphatic carbocycles. The van der Waals surface area contributed by atoms with Gasteiger partial charge in [-0.05, 0) is 61.3 Å². The Hall–Kier alpha value is -3.92. The maximum absolute atomic E-state index is 13.3. The summed E-state index contributed by atoms with van der Waals surface area (Å²) in [6.45, 7) is 12.5. The number of aromatic hydroxyl groups is 1. The Morgan fingerprint density at radius 2 is 1.84 bits per heavy atom. The number of rotatable bonds is 11. The summed E-state index contributed by atoms with van der Waals surface area (Å²) >= 11 is 0. The van der Waals surface area contributed by atoms with Gasteiger partial charge >= 0.3 is 5.69 Å². The molecule has 204 valence electrons. The van der Waals surface area contributed by atoms with E-state index < -0.39 is 34.1 Å². The van der Waals surface area contributed by atoms with Gasteiger partial charge in [-0.1, -0.05) is 33.8 Å². The lowest BCUT2D eigenvalue weighted by Crippen LogP contribution is -2.38. The molecule has 38 heavy (non-hydrogen) atoms. The molecule has 0 saturated carbocycles. The van der Waals surface area contributed by atoms with Gasteiger partial charge in [0.1, 0.15) is 11.5 Å². The van der Waals surface area contributed by atoms with Crippen molar-refractivity contribution in [3.8, 4) is 11.5 Å². The van der Waals surface area contributed by atoms with Crippen molar-refractivity contribution in [1.29, 1.82) is 0 Å². The minimum Gasteiger partial charge on any atom is -0.507 e. The third-order valence-corrected chi connectivity index (χ3v) is 6.62. The number of nitro benzene ring substituents is 1. The number of phenols is 1. The van der Waals surface area contributed by atoms with Crippen molar-refractivity contribution < 1.29 is 29.5 Å². The van der Waals surface area contributed by atoms with Crippen LogP contribution in [-0.4, -0.2) is 69.4 Å². The van der Waals surface area contributed by atoms with Crippen LogP contribution in [0.25, 0.3) is 5.76 Å². The highest BCUT2D eigenvalue weighted by molar-refractivity contribution is 6.46. The molecule has 10 heteroatoms. The van der Waals surface area contributed by atoms with E-state index in [2.05, 4.69) is 4.90 Å². The highest BCUT2D eigenvalue weighted by Crippen LogP contribution is 2.42. The van der Waals surface area contributed by atoms with Gasteiger partial charge in [0.25, 0.3) is 11.7 Å². The Balaban J connectivity index is 2.13. The highest BCUT2D eigenvalue weighted by atomic mass is 16.6. The van der Waals surface area contributed by atoms with E-state index in [1.807, 2.05) is 34.6 Å². The highest BCUT2D eigenvalue weighted by Gasteiger charge is 2.46. The van der Waals surface area contributed by atoms with Gasteiger partial charge in [0, 0.05) is 24.7 Å². The van der Waals surface area contributed by atoms with E-state index in [1.54, 1.807) is 18.2 Å². The van der Waals surface area contributed by atoms with Gasteiger partial charge < -0.3 is 24.7 Å². The number of ketones is 1. The van der Waals surface area contributed by atoms with Crippen molar-refractivity contribution in [3.63, 3.8) is 0 Å². The maximum atomic E-state index is 13.3. The fraction of sp³-hybridized carbons (Fsp3) is 0.429. The molecule has 1 unspecified atom stereocenters. The Morgan fingerprint density at radius 1 is 1.16 bits per heavy atom. The fourth-order valence-corrected chi connectivity index (χ4v) is 4.47. The zero-order valence-electron chi connectivity index (χ0n) is 22.4. The number of benzene rings is 2. The first-order valence-electron chi connectivity index (χ1n) is 12.7. The number of aliphatic hydroxyl groups is 1. The summed E-state index contributed by atoms with van der Waals surface area (Å²) in [6, 6.07) is 7.62. The second kappa shape index (κ2) is 12.1. The van der Waals surface area contributed by atoms with Crippen molar-refractivity contribution in [1.82, 2.24) is 9.80 Å². The zero-order chi connectivity index (χ0) is 28.1. The molecule has 1 saturated heterocycles. The number of phenolic OH excluding ortho intramolecular Hbond substituents is 1. The molecule has 1 amide bonds. The van der Waals surface area contributed by atoms with Crippen LogP contribution in [0.4, 0.5) is 5.69 Å². The second-order valence-electron chi connectivity index (χ2n) is 9.71. The lowest BCUT2D eigenvalue weighted by atomic mass is 9.94. The first-order chi connectivity index (χ1) is 18.0. The predicted octanol–water partition coefficient (Wildman–Crippen LogP) is 4.41. The number of amides is 1. The van der Waals surface area contributed by atoms with E-state index >= 15 is 0 Å². The molecule has 0 radical (unpaired) electrons. The number of aliphatic hydroxyl groups excluding tert-OH is 1. The lowest BCUT2D eigenvalue weighted by Gasteiger charge is -2.28. The number of ether oxygens (including phenoxy) is 1. The van der Waals surface area contributed by atoms with Crippen LogP contribution in [0.2, 0.25) is 0 Å². The fourth-order valence-electron chi connectivity index (χ4n) is 4.47. The van der Waals surface area contributed by atoms with Crippen LogP contribution in [0.1, 0.15) is 50.4 Å². The topological polar surface area (TPSA) is 133 Å². The molecule has 0 bridgehead atoms. The largest absolute Gasteiger partial charge is 0.507 e. The molecule has 1 atom stereocenters. The molecule has 2 N–H and O–H groups in total. The number of carbonyl (C=O) groups is 2. The summed E-state index contributed by atoms with van der Waals surface area (Å²) in [5.41, 5.74) is 0.578. The molecule has 1 fully saturated rings. The number of nitrogens with zero attached hydrogens (tertiary/aromatic N) is 3. The molecule has 1 aliphatic heterocycles. The van der Waals surface area contributed by atoms with Crippen LogP contribution < -0.4 is 4.74 Å². The normalized spacial score (nSPS) is 17.0. The average Bonchev–Trinajstić information content (AvgIpc) is 3.13. The number of Topliss-reactive ketones (excluding diaryl/α,β-unsaturated/α-hetero) is 1. The summed E-state index contributed by atoms with van der Waals surface area (Å²) in [5, 5.41) is 32.8. The zero-order valence-corrected chi connectivity index (χ0v) is 22.4. The van der Waals surface area contributed by atoms with Crippen LogP contribution in [0.3, 0.4) is 0 Å². The van der Waals surface area contributed by atoms with Crippen LogP contribution in [-0.2, 0) is 9.59 Å². The monoisotopic (exact) mass is 525 g/mol. The lowest BCUT2D eigenvalue weighted by molar-refractivity contribution is -0.385. The van der Waals surface area contributed by atoms with Gasteiger partial charge in [-0.15, -0.1) is 0 Å². The van der Waals surface area contributed by atoms with E-state index in [4.69, 9.17) is 4.74 Å². The van der Waals surface area contributed by atoms with Crippen LogP contribution in [0, 0.1) is 23.0 Å². The average molecular weight is 526 g/mol. The molecule has 0 aromatic heterocycles. The molecule has 1 heterocycles. The third-order valence-electron chi connectivity index (χ3n) is 6.62. The Labute approximate surface area is 222 Å². The summed E-state index contributed by atoms with van der Waals surface area (Å²) in [4.78, 5) is 40.7. The Morgan fingerprint density at radius 3 is 2.42 bits per heavy atom. The Kier molecular flexibility index (Phi) is 9.11. The van der Waals surface area contributed by atoms with E-state index in [1.165, 1.54) is 11.0 Å². The van der Waals surface area contributed by atoms with E-state index in [0.717, 1.165) is 30.8 Å². The Bertz CT molecular complexity index is 1250. The number of carbonyl (C=O) groups excluding carboxylic acids is 2. The first-order valence-corrected chi connectivity index (χ1v) is 12.7. The smallest absolute Gasteiger partial charge is 0.311 e. The van der Waals surface area contributed by atoms with Gasteiger partial charge in [0.15, 0.2) is 5.75 Å². The summed E-state index contributed by atoms with van der Waals surface area (Å²) in [7, 11) is 0. The molecule has 2 aromatic carbocycles. The van der Waals surface area contributed by atoms with Crippen molar-refractivity contribution in [2.24, 2.45) is 5.92 Å². The van der Waals surface area contributed by atoms with Gasteiger partial charge in [0.05, 0.1) is 23.1 Å². The molecule has 0 spiro atoms. The van der Waals surface area contributed by atoms with E-state index in [0.29, 0.717) is 30.4 Å². The number of nitro groups is 1. The quantitative estimate of drug-likeness (QED) is 0.145. The molecular formula is C28H35N3O7. The van der Waals surface area contributed by atoms with Crippen molar-refractivity contribution >= 4 is 23.1 Å². The van der Waals surface area contributed by atoms with Crippen LogP contribution >= 0.6 is 0 Å². The van der Waals surface area contributed by atoms with Crippen molar-refractivity contribution in [3.05, 3.63) is 68.8 Å². The van der Waals surface area contributed by atoms with Gasteiger partial charge in [-0.3, -0.25) is 19.7 Å². The first kappa shape index (κ1) is 28.6. The van der Waals surface area contributed by atoms with Gasteiger partial charge in [0.2, 0.25) is 0 Å². The molecule has 1 aliphatic rings. The molecular weight excluding hydrogens is 490 g/mol. The summed E-state index contributed by atoms with van der Waals surface area (Å²) < 4.78 is 5.81. The number of hydrogen-bond donors (Lipinski definition) is 2. The van der Waals surface area contributed by atoms with Gasteiger partial charge in [-0.25, -0.2) is 0 Å². The number of likely N-dealkylation sites (N-methyl/N-ethyl adjacent to an activating group) is 1. The van der Waals surface area contributed by atoms with Crippen molar-refractivity contribution in [2.45, 2.75) is 40.7 Å². The maximum Gasteiger partial charge on any atom is 0.311 e. The van der Waals surface area contributed by atoms with Gasteiger partial charge in [-0.2, -0.15) is 0 Å². The van der Waals surface area contributed by atoms with E-state index in [9.17, 15) is 29.9 Å². The predicted molar refractivity (Wildman–Crippen MR) is 143 cm³/mol. The molecule has 3 rings (SSSR count). The van der Waals surface area contributed by atoms with E-state index in [-0.39, 0.29) is 23.4 Å². The standard InChI is InChI=1S/C28H35N3O7/c1-6-29(7-2)12-13-30-25(19-8-10-22(32)21(15-19)31(36)37)24(27(34)28(30)35)26(33)20-9-11-23(18(5)14-20)38-16-17(3)4/h8-11,14-15,17,25,32-33H,6-7,12-13,16H2,1-5H3/b26-24-. The number of hydrogen-bond acceptors (Lipinski definition) is 8. The van der Waals surface area contributed by atoms with Crippen molar-refractivity contribution in [2.75, 3.05) is 32.8 Å². The summed E-state index contributed by atoms with van der Waals surface area (Å²) in [6.07, 6.45) is 0.